The van der Waals surface area contributed by atoms with E-state index in [1.807, 2.05) is 31.2 Å². The second-order valence-corrected chi connectivity index (χ2v) is 7.37. The molecule has 6 nitrogen and oxygen atoms in total. The Morgan fingerprint density at radius 2 is 2.04 bits per heavy atom. The Morgan fingerprint density at radius 3 is 2.73 bits per heavy atom. The standard InChI is InChI=1S/C19H20BrN3O3/c1-12-2-4-13(5-3-12)8-22-18(25)17-7-16(24)11-23(17)19(26)14-6-15(20)10-21-9-14/h2-6,9-10,16-17,24H,7-8,11H2,1H3,(H,22,25)/t16-,17+/m1/s1. The highest BCUT2D eigenvalue weighted by Crippen LogP contribution is 2.22. The summed E-state index contributed by atoms with van der Waals surface area (Å²) in [6.45, 7) is 2.52. The summed E-state index contributed by atoms with van der Waals surface area (Å²) in [6.07, 6.45) is 2.56. The molecule has 0 spiro atoms. The lowest BCUT2D eigenvalue weighted by molar-refractivity contribution is -0.125. The number of benzene rings is 1. The zero-order valence-corrected chi connectivity index (χ0v) is 15.9. The summed E-state index contributed by atoms with van der Waals surface area (Å²) in [7, 11) is 0. The number of amides is 2. The van der Waals surface area contributed by atoms with Gasteiger partial charge in [-0.3, -0.25) is 14.6 Å². The van der Waals surface area contributed by atoms with E-state index in [9.17, 15) is 14.7 Å². The number of rotatable bonds is 4. The summed E-state index contributed by atoms with van der Waals surface area (Å²) in [5.41, 5.74) is 2.51. The van der Waals surface area contributed by atoms with Crippen LogP contribution in [0.25, 0.3) is 0 Å². The van der Waals surface area contributed by atoms with Crippen LogP contribution in [0.3, 0.4) is 0 Å². The first-order chi connectivity index (χ1) is 12.4. The molecule has 0 bridgehead atoms. The number of aliphatic hydroxyl groups excluding tert-OH is 1. The van der Waals surface area contributed by atoms with Crippen molar-refractivity contribution in [3.05, 3.63) is 63.9 Å². The minimum Gasteiger partial charge on any atom is -0.391 e. The van der Waals surface area contributed by atoms with E-state index >= 15 is 0 Å². The number of aliphatic hydroxyl groups is 1. The van der Waals surface area contributed by atoms with Gasteiger partial charge >= 0.3 is 0 Å². The van der Waals surface area contributed by atoms with Gasteiger partial charge in [0.05, 0.1) is 11.7 Å². The van der Waals surface area contributed by atoms with Gasteiger partial charge in [0.25, 0.3) is 5.91 Å². The quantitative estimate of drug-likeness (QED) is 0.797. The first kappa shape index (κ1) is 18.5. The molecule has 2 atom stereocenters. The number of hydrogen-bond acceptors (Lipinski definition) is 4. The van der Waals surface area contributed by atoms with Crippen LogP contribution in [-0.4, -0.2) is 45.5 Å². The van der Waals surface area contributed by atoms with E-state index in [1.165, 1.54) is 11.1 Å². The Labute approximate surface area is 160 Å². The maximum absolute atomic E-state index is 12.7. The van der Waals surface area contributed by atoms with Crippen LogP contribution in [0, 0.1) is 6.92 Å². The molecule has 2 aromatic rings. The van der Waals surface area contributed by atoms with Crippen LogP contribution in [0.2, 0.25) is 0 Å². The zero-order chi connectivity index (χ0) is 18.7. The molecule has 26 heavy (non-hydrogen) atoms. The van der Waals surface area contributed by atoms with Crippen LogP contribution in [0.15, 0.2) is 47.2 Å². The van der Waals surface area contributed by atoms with Gasteiger partial charge in [-0.2, -0.15) is 0 Å². The molecular formula is C19H20BrN3O3. The van der Waals surface area contributed by atoms with E-state index in [1.54, 1.807) is 12.3 Å². The lowest BCUT2D eigenvalue weighted by Crippen LogP contribution is -2.45. The Bertz CT molecular complexity index is 810. The molecule has 1 aliphatic heterocycles. The first-order valence-electron chi connectivity index (χ1n) is 8.37. The molecule has 0 saturated carbocycles. The molecule has 7 heteroatoms. The molecule has 1 aromatic carbocycles. The maximum atomic E-state index is 12.7. The topological polar surface area (TPSA) is 82.5 Å². The van der Waals surface area contributed by atoms with Crippen molar-refractivity contribution < 1.29 is 14.7 Å². The Morgan fingerprint density at radius 1 is 1.31 bits per heavy atom. The van der Waals surface area contributed by atoms with Gasteiger partial charge < -0.3 is 15.3 Å². The minimum absolute atomic E-state index is 0.133. The lowest BCUT2D eigenvalue weighted by Gasteiger charge is -2.23. The van der Waals surface area contributed by atoms with Gasteiger partial charge in [0.15, 0.2) is 0 Å². The lowest BCUT2D eigenvalue weighted by atomic mass is 10.1. The number of carbonyl (C=O) groups excluding carboxylic acids is 2. The molecule has 1 aromatic heterocycles. The van der Waals surface area contributed by atoms with Crippen molar-refractivity contribution in [2.24, 2.45) is 0 Å². The fourth-order valence-electron chi connectivity index (χ4n) is 2.99. The first-order valence-corrected chi connectivity index (χ1v) is 9.16. The van der Waals surface area contributed by atoms with Crippen molar-refractivity contribution in [3.63, 3.8) is 0 Å². The third-order valence-corrected chi connectivity index (χ3v) is 4.82. The number of carbonyl (C=O) groups is 2. The average molecular weight is 418 g/mol. The van der Waals surface area contributed by atoms with Gasteiger partial charge in [-0.15, -0.1) is 0 Å². The summed E-state index contributed by atoms with van der Waals surface area (Å²) in [5.74, 6) is -0.579. The number of aromatic nitrogens is 1. The highest BCUT2D eigenvalue weighted by atomic mass is 79.9. The molecule has 1 fully saturated rings. The van der Waals surface area contributed by atoms with Crippen LogP contribution in [-0.2, 0) is 11.3 Å². The largest absolute Gasteiger partial charge is 0.391 e. The zero-order valence-electron chi connectivity index (χ0n) is 14.4. The number of halogens is 1. The van der Waals surface area contributed by atoms with Crippen LogP contribution >= 0.6 is 15.9 Å². The minimum atomic E-state index is -0.714. The van der Waals surface area contributed by atoms with Crippen molar-refractivity contribution in [1.82, 2.24) is 15.2 Å². The van der Waals surface area contributed by atoms with E-state index in [0.717, 1.165) is 11.1 Å². The third-order valence-electron chi connectivity index (χ3n) is 4.38. The number of nitrogens with zero attached hydrogens (tertiary/aromatic N) is 2. The fourth-order valence-corrected chi connectivity index (χ4v) is 3.36. The summed E-state index contributed by atoms with van der Waals surface area (Å²) in [5, 5.41) is 12.8. The van der Waals surface area contributed by atoms with Gasteiger partial charge in [0.2, 0.25) is 5.91 Å². The number of β-amino-alcohol motifs (C(OH)–C–C–N with tert-alkyl or cyclic N) is 1. The van der Waals surface area contributed by atoms with E-state index < -0.39 is 12.1 Å². The van der Waals surface area contributed by atoms with Crippen molar-refractivity contribution >= 4 is 27.7 Å². The van der Waals surface area contributed by atoms with E-state index in [2.05, 4.69) is 26.2 Å². The molecule has 0 unspecified atom stereocenters. The molecule has 2 amide bonds. The molecule has 1 aliphatic rings. The normalized spacial score (nSPS) is 19.4. The number of hydrogen-bond donors (Lipinski definition) is 2. The van der Waals surface area contributed by atoms with Gasteiger partial charge in [-0.1, -0.05) is 29.8 Å². The van der Waals surface area contributed by atoms with Crippen LogP contribution in [0.4, 0.5) is 0 Å². The van der Waals surface area contributed by atoms with Crippen molar-refractivity contribution in [2.45, 2.75) is 32.0 Å². The van der Waals surface area contributed by atoms with Crippen molar-refractivity contribution in [2.75, 3.05) is 6.54 Å². The van der Waals surface area contributed by atoms with Crippen LogP contribution in [0.1, 0.15) is 27.9 Å². The number of pyridine rings is 1. The fraction of sp³-hybridized carbons (Fsp3) is 0.316. The van der Waals surface area contributed by atoms with Gasteiger partial charge in [0, 0.05) is 36.4 Å². The molecule has 0 aliphatic carbocycles. The summed E-state index contributed by atoms with van der Waals surface area (Å²) in [6, 6.07) is 8.83. The van der Waals surface area contributed by atoms with E-state index in [-0.39, 0.29) is 24.8 Å². The number of aryl methyl sites for hydroxylation is 1. The summed E-state index contributed by atoms with van der Waals surface area (Å²) in [4.78, 5) is 30.8. The smallest absolute Gasteiger partial charge is 0.256 e. The SMILES string of the molecule is Cc1ccc(CNC(=O)[C@@H]2C[C@@H](O)CN2C(=O)c2cncc(Br)c2)cc1. The van der Waals surface area contributed by atoms with E-state index in [4.69, 9.17) is 0 Å². The molecule has 136 valence electrons. The Kier molecular flexibility index (Phi) is 5.68. The Balaban J connectivity index is 1.69. The van der Waals surface area contributed by atoms with Gasteiger partial charge in [-0.25, -0.2) is 0 Å². The Hall–Kier alpha value is -2.25. The van der Waals surface area contributed by atoms with Crippen molar-refractivity contribution in [1.29, 1.82) is 0 Å². The predicted molar refractivity (Wildman–Crippen MR) is 100 cm³/mol. The monoisotopic (exact) mass is 417 g/mol. The molecule has 2 N–H and O–H groups in total. The molecular weight excluding hydrogens is 398 g/mol. The maximum Gasteiger partial charge on any atom is 0.256 e. The predicted octanol–water partition coefficient (Wildman–Crippen LogP) is 2.04. The van der Waals surface area contributed by atoms with Crippen LogP contribution in [0.5, 0.6) is 0 Å². The van der Waals surface area contributed by atoms with Gasteiger partial charge in [-0.05, 0) is 34.5 Å². The highest BCUT2D eigenvalue weighted by molar-refractivity contribution is 9.10. The second-order valence-electron chi connectivity index (χ2n) is 6.46. The molecule has 1 saturated heterocycles. The molecule has 3 rings (SSSR count). The number of nitrogens with one attached hydrogen (secondary N) is 1. The highest BCUT2D eigenvalue weighted by Gasteiger charge is 2.39. The third kappa shape index (κ3) is 4.28. The number of likely N-dealkylation sites (tertiary alicyclic amines) is 1. The van der Waals surface area contributed by atoms with Crippen LogP contribution < -0.4 is 5.32 Å². The molecule has 0 radical (unpaired) electrons. The van der Waals surface area contributed by atoms with Crippen molar-refractivity contribution in [3.8, 4) is 0 Å². The van der Waals surface area contributed by atoms with Gasteiger partial charge in [0.1, 0.15) is 6.04 Å². The average Bonchev–Trinajstić information content (AvgIpc) is 3.02. The summed E-state index contributed by atoms with van der Waals surface area (Å²) >= 11 is 3.29. The second kappa shape index (κ2) is 7.97. The summed E-state index contributed by atoms with van der Waals surface area (Å²) < 4.78 is 0.684. The van der Waals surface area contributed by atoms with E-state index in [0.29, 0.717) is 16.6 Å². The molecule has 2 heterocycles.